The van der Waals surface area contributed by atoms with Gasteiger partial charge in [0.2, 0.25) is 0 Å². The number of aryl methyl sites for hydroxylation is 2. The van der Waals surface area contributed by atoms with Gasteiger partial charge in [0.15, 0.2) is 0 Å². The lowest BCUT2D eigenvalue weighted by molar-refractivity contribution is 0.0967. The Morgan fingerprint density at radius 1 is 1.26 bits per heavy atom. The van der Waals surface area contributed by atoms with Crippen LogP contribution in [0.15, 0.2) is 24.4 Å². The average molecular weight is 272 g/mol. The maximum atomic E-state index is 11.4. The van der Waals surface area contributed by atoms with Crippen molar-refractivity contribution in [2.24, 2.45) is 0 Å². The number of nitrogens with zero attached hydrogens (tertiary/aromatic N) is 1. The Morgan fingerprint density at radius 2 is 2.05 bits per heavy atom. The summed E-state index contributed by atoms with van der Waals surface area (Å²) in [6, 6.07) is 6.32. The minimum absolute atomic E-state index is 0.0941. The van der Waals surface area contributed by atoms with Gasteiger partial charge in [-0.25, -0.2) is 4.98 Å². The zero-order valence-corrected chi connectivity index (χ0v) is 12.0. The molecule has 1 N–H and O–H groups in total. The molecule has 0 radical (unpaired) electrons. The Balaban J connectivity index is 2.16. The Morgan fingerprint density at radius 3 is 2.74 bits per heavy atom. The van der Waals surface area contributed by atoms with E-state index in [0.717, 1.165) is 10.6 Å². The summed E-state index contributed by atoms with van der Waals surface area (Å²) in [5.74, 6) is -0.0941. The van der Waals surface area contributed by atoms with Crippen molar-refractivity contribution in [1.82, 2.24) is 10.3 Å². The second-order valence-corrected chi connectivity index (χ2v) is 5.38. The second-order valence-electron chi connectivity index (χ2n) is 4.32. The third kappa shape index (κ3) is 3.29. The predicted molar refractivity (Wildman–Crippen MR) is 80.3 cm³/mol. The Bertz CT molecular complexity index is 629. The summed E-state index contributed by atoms with van der Waals surface area (Å²) < 4.78 is 0. The number of aromatic nitrogens is 1. The van der Waals surface area contributed by atoms with Crippen LogP contribution in [0.1, 0.15) is 31.4 Å². The SMILES string of the molecule is CNC(=O)c1cnc(/C=C/c2ccc(C)c(C)c2)s1. The Kier molecular flexibility index (Phi) is 4.12. The smallest absolute Gasteiger partial charge is 0.262 e. The van der Waals surface area contributed by atoms with Gasteiger partial charge in [-0.2, -0.15) is 0 Å². The van der Waals surface area contributed by atoms with E-state index in [-0.39, 0.29) is 5.91 Å². The van der Waals surface area contributed by atoms with Crippen LogP contribution in [0.25, 0.3) is 12.2 Å². The topological polar surface area (TPSA) is 42.0 Å². The molecule has 2 aromatic rings. The summed E-state index contributed by atoms with van der Waals surface area (Å²) in [7, 11) is 1.62. The van der Waals surface area contributed by atoms with Crippen LogP contribution in [-0.2, 0) is 0 Å². The van der Waals surface area contributed by atoms with Crippen LogP contribution in [0.4, 0.5) is 0 Å². The number of benzene rings is 1. The molecular formula is C15H16N2OS. The van der Waals surface area contributed by atoms with Crippen molar-refractivity contribution in [1.29, 1.82) is 0 Å². The van der Waals surface area contributed by atoms with Gasteiger partial charge in [0.25, 0.3) is 5.91 Å². The zero-order valence-electron chi connectivity index (χ0n) is 11.2. The lowest BCUT2D eigenvalue weighted by Crippen LogP contribution is -2.16. The summed E-state index contributed by atoms with van der Waals surface area (Å²) in [5, 5.41) is 3.42. The first kappa shape index (κ1) is 13.5. The molecule has 1 aromatic heterocycles. The molecule has 1 aromatic carbocycles. The van der Waals surface area contributed by atoms with E-state index >= 15 is 0 Å². The first-order valence-corrected chi connectivity index (χ1v) is 6.85. The fraction of sp³-hybridized carbons (Fsp3) is 0.200. The van der Waals surface area contributed by atoms with Crippen molar-refractivity contribution in [2.45, 2.75) is 13.8 Å². The standard InChI is InChI=1S/C15H16N2OS/c1-10-4-5-12(8-11(10)2)6-7-14-17-9-13(19-14)15(18)16-3/h4-9H,1-3H3,(H,16,18)/b7-6+. The summed E-state index contributed by atoms with van der Waals surface area (Å²) in [4.78, 5) is 16.3. The Hall–Kier alpha value is -1.94. The summed E-state index contributed by atoms with van der Waals surface area (Å²) in [5.41, 5.74) is 3.69. The average Bonchev–Trinajstić information content (AvgIpc) is 2.88. The van der Waals surface area contributed by atoms with Crippen molar-refractivity contribution >= 4 is 29.4 Å². The first-order valence-electron chi connectivity index (χ1n) is 6.03. The highest BCUT2D eigenvalue weighted by atomic mass is 32.1. The number of hydrogen-bond donors (Lipinski definition) is 1. The van der Waals surface area contributed by atoms with E-state index in [4.69, 9.17) is 0 Å². The fourth-order valence-electron chi connectivity index (χ4n) is 1.63. The van der Waals surface area contributed by atoms with Crippen LogP contribution in [-0.4, -0.2) is 17.9 Å². The normalized spacial score (nSPS) is 10.9. The fourth-order valence-corrected chi connectivity index (χ4v) is 2.40. The van der Waals surface area contributed by atoms with E-state index < -0.39 is 0 Å². The minimum atomic E-state index is -0.0941. The third-order valence-corrected chi connectivity index (χ3v) is 3.89. The molecule has 98 valence electrons. The third-order valence-electron chi connectivity index (χ3n) is 2.92. The number of amides is 1. The van der Waals surface area contributed by atoms with E-state index in [9.17, 15) is 4.79 Å². The maximum absolute atomic E-state index is 11.4. The van der Waals surface area contributed by atoms with E-state index in [2.05, 4.69) is 42.3 Å². The molecule has 0 spiro atoms. The molecule has 4 heteroatoms. The largest absolute Gasteiger partial charge is 0.354 e. The van der Waals surface area contributed by atoms with E-state index in [1.165, 1.54) is 22.5 Å². The van der Waals surface area contributed by atoms with Crippen molar-refractivity contribution in [2.75, 3.05) is 7.05 Å². The van der Waals surface area contributed by atoms with Gasteiger partial charge in [-0.1, -0.05) is 24.3 Å². The molecule has 19 heavy (non-hydrogen) atoms. The molecule has 0 saturated carbocycles. The van der Waals surface area contributed by atoms with E-state index in [0.29, 0.717) is 4.88 Å². The van der Waals surface area contributed by atoms with Gasteiger partial charge in [-0.05, 0) is 36.6 Å². The molecule has 1 amide bonds. The van der Waals surface area contributed by atoms with Crippen LogP contribution in [0, 0.1) is 13.8 Å². The molecule has 0 bridgehead atoms. The lowest BCUT2D eigenvalue weighted by atomic mass is 10.1. The summed E-state index contributed by atoms with van der Waals surface area (Å²) >= 11 is 1.38. The lowest BCUT2D eigenvalue weighted by Gasteiger charge is -2.00. The molecule has 0 saturated heterocycles. The molecule has 3 nitrogen and oxygen atoms in total. The molecule has 0 atom stereocenters. The highest BCUT2D eigenvalue weighted by Crippen LogP contribution is 2.17. The first-order chi connectivity index (χ1) is 9.10. The quantitative estimate of drug-likeness (QED) is 0.931. The highest BCUT2D eigenvalue weighted by molar-refractivity contribution is 7.14. The van der Waals surface area contributed by atoms with Crippen molar-refractivity contribution in [3.63, 3.8) is 0 Å². The maximum Gasteiger partial charge on any atom is 0.262 e. The van der Waals surface area contributed by atoms with E-state index in [1.54, 1.807) is 13.2 Å². The van der Waals surface area contributed by atoms with Crippen molar-refractivity contribution in [3.05, 3.63) is 51.0 Å². The Labute approximate surface area is 117 Å². The number of carbonyl (C=O) groups is 1. The molecular weight excluding hydrogens is 256 g/mol. The van der Waals surface area contributed by atoms with E-state index in [1.807, 2.05) is 12.2 Å². The van der Waals surface area contributed by atoms with Gasteiger partial charge >= 0.3 is 0 Å². The van der Waals surface area contributed by atoms with Gasteiger partial charge in [-0.3, -0.25) is 4.79 Å². The number of hydrogen-bond acceptors (Lipinski definition) is 3. The molecule has 0 aliphatic heterocycles. The van der Waals surface area contributed by atoms with Crippen LogP contribution >= 0.6 is 11.3 Å². The van der Waals surface area contributed by atoms with Crippen LogP contribution in [0.5, 0.6) is 0 Å². The zero-order chi connectivity index (χ0) is 13.8. The molecule has 2 rings (SSSR count). The second kappa shape index (κ2) is 5.80. The van der Waals surface area contributed by atoms with Crippen molar-refractivity contribution < 1.29 is 4.79 Å². The van der Waals surface area contributed by atoms with Gasteiger partial charge in [0.1, 0.15) is 9.88 Å². The molecule has 0 fully saturated rings. The van der Waals surface area contributed by atoms with Gasteiger partial charge in [0.05, 0.1) is 6.20 Å². The van der Waals surface area contributed by atoms with Crippen LogP contribution in [0.3, 0.4) is 0 Å². The van der Waals surface area contributed by atoms with Crippen LogP contribution < -0.4 is 5.32 Å². The highest BCUT2D eigenvalue weighted by Gasteiger charge is 2.06. The molecule has 1 heterocycles. The molecule has 0 aliphatic carbocycles. The predicted octanol–water partition coefficient (Wildman–Crippen LogP) is 3.29. The van der Waals surface area contributed by atoms with Crippen molar-refractivity contribution in [3.8, 4) is 0 Å². The van der Waals surface area contributed by atoms with Gasteiger partial charge < -0.3 is 5.32 Å². The summed E-state index contributed by atoms with van der Waals surface area (Å²) in [6.07, 6.45) is 5.55. The van der Waals surface area contributed by atoms with Gasteiger partial charge in [0, 0.05) is 7.05 Å². The minimum Gasteiger partial charge on any atom is -0.354 e. The number of nitrogens with one attached hydrogen (secondary N) is 1. The molecule has 0 unspecified atom stereocenters. The molecule has 0 aliphatic rings. The number of carbonyl (C=O) groups excluding carboxylic acids is 1. The van der Waals surface area contributed by atoms with Gasteiger partial charge in [-0.15, -0.1) is 11.3 Å². The number of thiazole rings is 1. The number of rotatable bonds is 3. The summed E-state index contributed by atoms with van der Waals surface area (Å²) in [6.45, 7) is 4.19. The van der Waals surface area contributed by atoms with Crippen LogP contribution in [0.2, 0.25) is 0 Å². The monoisotopic (exact) mass is 272 g/mol.